The Morgan fingerprint density at radius 2 is 1.96 bits per heavy atom. The number of esters is 1. The molecule has 0 saturated heterocycles. The highest BCUT2D eigenvalue weighted by Gasteiger charge is 2.17. The van der Waals surface area contributed by atoms with Crippen molar-refractivity contribution < 1.29 is 14.3 Å². The number of carbonyl (C=O) groups is 1. The smallest absolute Gasteiger partial charge is 0.339 e. The molecule has 0 aliphatic carbocycles. The molecule has 0 saturated carbocycles. The molecule has 0 spiro atoms. The van der Waals surface area contributed by atoms with Gasteiger partial charge in [0.05, 0.1) is 12.2 Å². The summed E-state index contributed by atoms with van der Waals surface area (Å²) in [6.07, 6.45) is 4.54. The fourth-order valence-electron chi connectivity index (χ4n) is 2.35. The van der Waals surface area contributed by atoms with E-state index in [2.05, 4.69) is 13.8 Å². The molecular formula is C19H30O3S. The molecule has 0 heterocycles. The molecule has 0 N–H and O–H groups in total. The van der Waals surface area contributed by atoms with Crippen LogP contribution in [0, 0.1) is 5.92 Å². The van der Waals surface area contributed by atoms with Gasteiger partial charge in [-0.2, -0.15) is 0 Å². The summed E-state index contributed by atoms with van der Waals surface area (Å²) in [7, 11) is 0. The van der Waals surface area contributed by atoms with Crippen molar-refractivity contribution in [3.8, 4) is 0 Å². The lowest BCUT2D eigenvalue weighted by Crippen LogP contribution is -2.15. The van der Waals surface area contributed by atoms with Gasteiger partial charge in [0, 0.05) is 11.5 Å². The van der Waals surface area contributed by atoms with Gasteiger partial charge < -0.3 is 9.47 Å². The van der Waals surface area contributed by atoms with Crippen LogP contribution in [-0.4, -0.2) is 24.6 Å². The van der Waals surface area contributed by atoms with Crippen LogP contribution < -0.4 is 0 Å². The summed E-state index contributed by atoms with van der Waals surface area (Å²) in [5.41, 5.74) is 0.649. The molecule has 2 atom stereocenters. The second kappa shape index (κ2) is 11.5. The summed E-state index contributed by atoms with van der Waals surface area (Å²) in [4.78, 5) is 13.3. The second-order valence-electron chi connectivity index (χ2n) is 5.65. The van der Waals surface area contributed by atoms with Crippen LogP contribution in [0.2, 0.25) is 0 Å². The molecule has 0 amide bonds. The molecule has 0 radical (unpaired) electrons. The molecule has 23 heavy (non-hydrogen) atoms. The summed E-state index contributed by atoms with van der Waals surface area (Å²) in [6.45, 7) is 9.48. The second-order valence-corrected chi connectivity index (χ2v) is 6.99. The summed E-state index contributed by atoms with van der Waals surface area (Å²) in [5.74, 6) is 0.229. The maximum Gasteiger partial charge on any atom is 0.339 e. The van der Waals surface area contributed by atoms with Crippen molar-refractivity contribution in [2.75, 3.05) is 13.2 Å². The Morgan fingerprint density at radius 3 is 2.61 bits per heavy atom. The molecule has 3 nitrogen and oxygen atoms in total. The Hall–Kier alpha value is -1.00. The van der Waals surface area contributed by atoms with Crippen molar-refractivity contribution in [2.24, 2.45) is 5.92 Å². The van der Waals surface area contributed by atoms with E-state index in [0.29, 0.717) is 24.7 Å². The number of rotatable bonds is 11. The normalized spacial score (nSPS) is 13.6. The fourth-order valence-corrected chi connectivity index (χ4v) is 3.35. The van der Waals surface area contributed by atoms with Gasteiger partial charge >= 0.3 is 5.97 Å². The third-order valence-corrected chi connectivity index (χ3v) is 4.87. The van der Waals surface area contributed by atoms with Crippen LogP contribution in [-0.2, 0) is 9.47 Å². The maximum atomic E-state index is 12.4. The summed E-state index contributed by atoms with van der Waals surface area (Å²) in [5, 5.41) is 0. The Kier molecular flexibility index (Phi) is 10.0. The quantitative estimate of drug-likeness (QED) is 0.302. The Morgan fingerprint density at radius 1 is 1.22 bits per heavy atom. The predicted octanol–water partition coefficient (Wildman–Crippen LogP) is 5.53. The number of hydrogen-bond acceptors (Lipinski definition) is 4. The lowest BCUT2D eigenvalue weighted by molar-refractivity contribution is 0.0424. The minimum absolute atomic E-state index is 0.0156. The van der Waals surface area contributed by atoms with E-state index in [-0.39, 0.29) is 11.4 Å². The molecule has 0 fully saturated rings. The molecule has 1 aromatic rings. The highest BCUT2D eigenvalue weighted by Crippen LogP contribution is 2.28. The highest BCUT2D eigenvalue weighted by molar-refractivity contribution is 7.99. The fraction of sp³-hybridized carbons (Fsp3) is 0.632. The molecule has 0 aliphatic rings. The van der Waals surface area contributed by atoms with E-state index in [1.165, 1.54) is 12.8 Å². The van der Waals surface area contributed by atoms with E-state index in [0.717, 1.165) is 17.7 Å². The van der Waals surface area contributed by atoms with Crippen LogP contribution in [0.4, 0.5) is 0 Å². The van der Waals surface area contributed by atoms with Crippen LogP contribution in [0.3, 0.4) is 0 Å². The van der Waals surface area contributed by atoms with E-state index >= 15 is 0 Å². The average Bonchev–Trinajstić information content (AvgIpc) is 2.55. The predicted molar refractivity (Wildman–Crippen MR) is 97.0 cm³/mol. The van der Waals surface area contributed by atoms with Crippen LogP contribution in [0.25, 0.3) is 0 Å². The molecule has 0 aliphatic heterocycles. The first-order valence-corrected chi connectivity index (χ1v) is 9.54. The first-order valence-electron chi connectivity index (χ1n) is 8.66. The third-order valence-electron chi connectivity index (χ3n) is 3.79. The minimum Gasteiger partial charge on any atom is -0.462 e. The monoisotopic (exact) mass is 338 g/mol. The van der Waals surface area contributed by atoms with Crippen LogP contribution in [0.1, 0.15) is 63.7 Å². The third kappa shape index (κ3) is 7.40. The van der Waals surface area contributed by atoms with Crippen molar-refractivity contribution in [1.82, 2.24) is 0 Å². The van der Waals surface area contributed by atoms with Gasteiger partial charge in [0.2, 0.25) is 0 Å². The highest BCUT2D eigenvalue weighted by atomic mass is 32.2. The first-order chi connectivity index (χ1) is 11.1. The summed E-state index contributed by atoms with van der Waals surface area (Å²) < 4.78 is 11.1. The molecule has 1 aromatic carbocycles. The standard InChI is InChI=1S/C19H30O3S/c1-5-8-11-16(6-2)14-22-19(20)17-12-9-10-13-18(17)23-15(4)21-7-3/h9-10,12-13,15-16H,5-8,11,14H2,1-4H3. The van der Waals surface area contributed by atoms with Crippen molar-refractivity contribution in [3.63, 3.8) is 0 Å². The van der Waals surface area contributed by atoms with Crippen LogP contribution in [0.5, 0.6) is 0 Å². The minimum atomic E-state index is -0.230. The van der Waals surface area contributed by atoms with E-state index in [1.807, 2.05) is 38.1 Å². The van der Waals surface area contributed by atoms with Crippen LogP contribution in [0.15, 0.2) is 29.2 Å². The number of unbranched alkanes of at least 4 members (excludes halogenated alkanes) is 1. The zero-order chi connectivity index (χ0) is 17.1. The van der Waals surface area contributed by atoms with Crippen molar-refractivity contribution in [2.45, 2.75) is 63.7 Å². The number of carbonyl (C=O) groups excluding carboxylic acids is 1. The van der Waals surface area contributed by atoms with Crippen molar-refractivity contribution in [3.05, 3.63) is 29.8 Å². The topological polar surface area (TPSA) is 35.5 Å². The van der Waals surface area contributed by atoms with E-state index in [4.69, 9.17) is 9.47 Å². The summed E-state index contributed by atoms with van der Waals surface area (Å²) in [6, 6.07) is 7.59. The molecule has 2 unspecified atom stereocenters. The van der Waals surface area contributed by atoms with Gasteiger partial charge in [0.15, 0.2) is 0 Å². The van der Waals surface area contributed by atoms with Gasteiger partial charge in [-0.25, -0.2) is 4.79 Å². The molecule has 130 valence electrons. The van der Waals surface area contributed by atoms with Crippen molar-refractivity contribution >= 4 is 17.7 Å². The number of hydrogen-bond donors (Lipinski definition) is 0. The molecular weight excluding hydrogens is 308 g/mol. The average molecular weight is 339 g/mol. The van der Waals surface area contributed by atoms with E-state index < -0.39 is 0 Å². The molecule has 4 heteroatoms. The Bertz CT molecular complexity index is 462. The van der Waals surface area contributed by atoms with Gasteiger partial charge in [0.25, 0.3) is 0 Å². The van der Waals surface area contributed by atoms with Gasteiger partial charge in [-0.15, -0.1) is 0 Å². The number of benzene rings is 1. The molecule has 1 rings (SSSR count). The van der Waals surface area contributed by atoms with Gasteiger partial charge in [-0.3, -0.25) is 0 Å². The molecule has 0 aromatic heterocycles. The van der Waals surface area contributed by atoms with Crippen LogP contribution >= 0.6 is 11.8 Å². The maximum absolute atomic E-state index is 12.4. The summed E-state index contributed by atoms with van der Waals surface area (Å²) >= 11 is 1.55. The SMILES string of the molecule is CCCCC(CC)COC(=O)c1ccccc1SC(C)OCC. The number of ether oxygens (including phenoxy) is 2. The first kappa shape index (κ1) is 20.0. The largest absolute Gasteiger partial charge is 0.462 e. The lowest BCUT2D eigenvalue weighted by Gasteiger charge is -2.16. The zero-order valence-electron chi connectivity index (χ0n) is 14.8. The van der Waals surface area contributed by atoms with Crippen molar-refractivity contribution in [1.29, 1.82) is 0 Å². The lowest BCUT2D eigenvalue weighted by atomic mass is 10.0. The van der Waals surface area contributed by atoms with Gasteiger partial charge in [0.1, 0.15) is 5.44 Å². The van der Waals surface area contributed by atoms with E-state index in [9.17, 15) is 4.79 Å². The Balaban J connectivity index is 2.64. The van der Waals surface area contributed by atoms with Gasteiger partial charge in [-0.05, 0) is 38.3 Å². The van der Waals surface area contributed by atoms with E-state index in [1.54, 1.807) is 11.8 Å². The molecule has 0 bridgehead atoms. The Labute approximate surface area is 145 Å². The van der Waals surface area contributed by atoms with Gasteiger partial charge in [-0.1, -0.05) is 57.0 Å². The zero-order valence-corrected chi connectivity index (χ0v) is 15.7. The number of thioether (sulfide) groups is 1.